The molecule has 0 saturated heterocycles. The fraction of sp³-hybridized carbons (Fsp3) is 1.00. The molecule has 0 aliphatic carbocycles. The molecule has 1 heteroatoms. The monoisotopic (exact) mass is 179 g/mol. The second kappa shape index (κ2) is 4.82. The molecule has 0 unspecified atom stereocenters. The molecule has 31 valence electrons. The van der Waals surface area contributed by atoms with E-state index in [0.717, 1.165) is 0 Å². The Morgan fingerprint density at radius 1 is 1.20 bits per heavy atom. The van der Waals surface area contributed by atoms with E-state index in [1.165, 1.54) is 8.73 Å². The van der Waals surface area contributed by atoms with E-state index in [9.17, 15) is 0 Å². The van der Waals surface area contributed by atoms with Crippen LogP contribution >= 0.6 is 0 Å². The van der Waals surface area contributed by atoms with Crippen LogP contribution < -0.4 is 0 Å². The minimum atomic E-state index is 0.356. The van der Waals surface area contributed by atoms with E-state index >= 15 is 0 Å². The molecule has 0 bridgehead atoms. The summed E-state index contributed by atoms with van der Waals surface area (Å²) in [6.07, 6.45) is 0. The van der Waals surface area contributed by atoms with Crippen LogP contribution in [0.1, 0.15) is 13.8 Å². The van der Waals surface area contributed by atoms with E-state index < -0.39 is 0 Å². The summed E-state index contributed by atoms with van der Waals surface area (Å²) in [6, 6.07) is 0. The summed E-state index contributed by atoms with van der Waals surface area (Å²) < 4.78 is 2.99. The maximum absolute atomic E-state index is 2.28. The molecule has 0 amide bonds. The van der Waals surface area contributed by atoms with Crippen LogP contribution in [0.25, 0.3) is 0 Å². The molecule has 0 rings (SSSR count). The van der Waals surface area contributed by atoms with Crippen molar-refractivity contribution in [2.45, 2.75) is 22.6 Å². The van der Waals surface area contributed by atoms with E-state index in [2.05, 4.69) is 13.8 Å². The zero-order chi connectivity index (χ0) is 4.12. The average Bonchev–Trinajstić information content (AvgIpc) is 1.41. The van der Waals surface area contributed by atoms with Gasteiger partial charge in [-0.15, -0.1) is 0 Å². The van der Waals surface area contributed by atoms with Gasteiger partial charge >= 0.3 is 44.2 Å². The predicted molar refractivity (Wildman–Crippen MR) is 26.7 cm³/mol. The van der Waals surface area contributed by atoms with Crippen molar-refractivity contribution in [1.82, 2.24) is 0 Å². The Morgan fingerprint density at radius 2 is 1.60 bits per heavy atom. The summed E-state index contributed by atoms with van der Waals surface area (Å²) in [5.74, 6) is 0. The molecule has 0 aromatic heterocycles. The van der Waals surface area contributed by atoms with Gasteiger partial charge in [0, 0.05) is 0 Å². The zero-order valence-electron chi connectivity index (χ0n) is 3.86. The Labute approximate surface area is 44.5 Å². The molecule has 0 aromatic rings. The maximum atomic E-state index is 2.28. The van der Waals surface area contributed by atoms with Gasteiger partial charge in [-0.1, -0.05) is 0 Å². The first-order valence-electron chi connectivity index (χ1n) is 2.05. The van der Waals surface area contributed by atoms with Gasteiger partial charge in [0.2, 0.25) is 0 Å². The molecule has 0 nitrogen and oxygen atoms in total. The van der Waals surface area contributed by atoms with E-state index in [0.29, 0.717) is 21.6 Å². The molecular formula is C4H10Sb. The molecule has 5 heavy (non-hydrogen) atoms. The van der Waals surface area contributed by atoms with Gasteiger partial charge < -0.3 is 0 Å². The van der Waals surface area contributed by atoms with Gasteiger partial charge in [-0.25, -0.2) is 0 Å². The Bertz CT molecular complexity index is 11.1. The van der Waals surface area contributed by atoms with Gasteiger partial charge in [0.15, 0.2) is 0 Å². The third-order valence-corrected chi connectivity index (χ3v) is 3.00. The van der Waals surface area contributed by atoms with Gasteiger partial charge in [-0.05, 0) is 0 Å². The Hall–Kier alpha value is 0.818. The van der Waals surface area contributed by atoms with Crippen molar-refractivity contribution in [3.8, 4) is 0 Å². The quantitative estimate of drug-likeness (QED) is 0.565. The number of rotatable bonds is 2. The van der Waals surface area contributed by atoms with Gasteiger partial charge in [-0.2, -0.15) is 0 Å². The molecule has 0 atom stereocenters. The molecule has 0 aliphatic rings. The fourth-order valence-electron chi connectivity index (χ4n) is 0.224. The predicted octanol–water partition coefficient (Wildman–Crippen LogP) is 1.57. The van der Waals surface area contributed by atoms with Crippen molar-refractivity contribution < 1.29 is 0 Å². The first-order chi connectivity index (χ1) is 2.41. The molecule has 0 aliphatic heterocycles. The Morgan fingerprint density at radius 3 is 1.60 bits per heavy atom. The van der Waals surface area contributed by atoms with Crippen molar-refractivity contribution in [1.29, 1.82) is 0 Å². The van der Waals surface area contributed by atoms with E-state index in [1.807, 2.05) is 0 Å². The van der Waals surface area contributed by atoms with E-state index in [4.69, 9.17) is 0 Å². The van der Waals surface area contributed by atoms with E-state index in [1.54, 1.807) is 0 Å². The SMILES string of the molecule is C[CH2][Sb][CH2]C. The van der Waals surface area contributed by atoms with Crippen LogP contribution in [0.15, 0.2) is 0 Å². The van der Waals surface area contributed by atoms with Crippen LogP contribution in [0.3, 0.4) is 0 Å². The summed E-state index contributed by atoms with van der Waals surface area (Å²) in [5, 5.41) is 0. The molecule has 0 aromatic carbocycles. The minimum absolute atomic E-state index is 0.356. The molecule has 0 saturated carbocycles. The topological polar surface area (TPSA) is 0 Å². The molecule has 0 spiro atoms. The summed E-state index contributed by atoms with van der Waals surface area (Å²) in [7, 11) is 0. The Kier molecular flexibility index (Phi) is 5.61. The van der Waals surface area contributed by atoms with Gasteiger partial charge in [0.25, 0.3) is 0 Å². The van der Waals surface area contributed by atoms with Gasteiger partial charge in [0.1, 0.15) is 0 Å². The van der Waals surface area contributed by atoms with Gasteiger partial charge in [0.05, 0.1) is 0 Å². The third-order valence-electron chi connectivity index (χ3n) is 0.447. The van der Waals surface area contributed by atoms with Crippen LogP contribution in [0, 0.1) is 0 Å². The molecular weight excluding hydrogens is 170 g/mol. The first-order valence-corrected chi connectivity index (χ1v) is 5.66. The van der Waals surface area contributed by atoms with Crippen LogP contribution in [-0.4, -0.2) is 21.6 Å². The van der Waals surface area contributed by atoms with Gasteiger partial charge in [-0.3, -0.25) is 0 Å². The summed E-state index contributed by atoms with van der Waals surface area (Å²) in [6.45, 7) is 4.56. The molecule has 1 radical (unpaired) electrons. The third kappa shape index (κ3) is 4.82. The van der Waals surface area contributed by atoms with Crippen LogP contribution in [0.2, 0.25) is 8.73 Å². The zero-order valence-corrected chi connectivity index (χ0v) is 6.41. The first kappa shape index (κ1) is 5.82. The van der Waals surface area contributed by atoms with Crippen molar-refractivity contribution in [3.63, 3.8) is 0 Å². The second-order valence-electron chi connectivity index (χ2n) is 0.856. The fourth-order valence-corrected chi connectivity index (χ4v) is 1.50. The van der Waals surface area contributed by atoms with Crippen molar-refractivity contribution >= 4 is 21.6 Å². The molecule has 0 fully saturated rings. The molecule has 0 heterocycles. The van der Waals surface area contributed by atoms with Crippen LogP contribution in [0.4, 0.5) is 0 Å². The Balaban J connectivity index is 2.19. The van der Waals surface area contributed by atoms with Crippen LogP contribution in [-0.2, 0) is 0 Å². The molecule has 0 N–H and O–H groups in total. The second-order valence-corrected chi connectivity index (χ2v) is 5.74. The summed E-state index contributed by atoms with van der Waals surface area (Å²) >= 11 is 0.356. The number of hydrogen-bond donors (Lipinski definition) is 0. The van der Waals surface area contributed by atoms with Crippen molar-refractivity contribution in [2.24, 2.45) is 0 Å². The van der Waals surface area contributed by atoms with Crippen molar-refractivity contribution in [3.05, 3.63) is 0 Å². The average molecular weight is 180 g/mol. The summed E-state index contributed by atoms with van der Waals surface area (Å²) in [4.78, 5) is 0. The van der Waals surface area contributed by atoms with Crippen molar-refractivity contribution in [2.75, 3.05) is 0 Å². The normalized spacial score (nSPS) is 8.40. The van der Waals surface area contributed by atoms with E-state index in [-0.39, 0.29) is 0 Å². The summed E-state index contributed by atoms with van der Waals surface area (Å²) in [5.41, 5.74) is 0. The van der Waals surface area contributed by atoms with Crippen LogP contribution in [0.5, 0.6) is 0 Å². The standard InChI is InChI=1S/2C2H5.Sb/c2*1-2;/h2*1H2,2H3;. The number of hydrogen-bond acceptors (Lipinski definition) is 0.